The van der Waals surface area contributed by atoms with Gasteiger partial charge in [-0.2, -0.15) is 0 Å². The van der Waals surface area contributed by atoms with Crippen molar-refractivity contribution in [2.45, 2.75) is 20.3 Å². The van der Waals surface area contributed by atoms with E-state index >= 15 is 0 Å². The molecule has 3 rings (SSSR count). The van der Waals surface area contributed by atoms with Crippen molar-refractivity contribution in [3.8, 4) is 0 Å². The second-order valence-corrected chi connectivity index (χ2v) is 8.62. The van der Waals surface area contributed by atoms with Gasteiger partial charge in [-0.1, -0.05) is 11.6 Å². The van der Waals surface area contributed by atoms with Crippen LogP contribution in [0.4, 0.5) is 0 Å². The molecule has 134 valence electrons. The Balaban J connectivity index is 1.93. The molecule has 0 aliphatic carbocycles. The Morgan fingerprint density at radius 1 is 1.08 bits per heavy atom. The predicted molar refractivity (Wildman–Crippen MR) is 98.2 cm³/mol. The molecule has 1 aliphatic heterocycles. The van der Waals surface area contributed by atoms with E-state index in [4.69, 9.17) is 0 Å². The molecule has 6 nitrogen and oxygen atoms in total. The van der Waals surface area contributed by atoms with E-state index in [9.17, 15) is 13.2 Å². The van der Waals surface area contributed by atoms with E-state index in [0.29, 0.717) is 38.2 Å². The third-order valence-electron chi connectivity index (χ3n) is 4.53. The molecular formula is C18H23N3O3S. The van der Waals surface area contributed by atoms with Crippen LogP contribution in [0.1, 0.15) is 28.0 Å². The maximum absolute atomic E-state index is 13.1. The van der Waals surface area contributed by atoms with Crippen LogP contribution >= 0.6 is 0 Å². The topological polar surface area (TPSA) is 70.6 Å². The van der Waals surface area contributed by atoms with Gasteiger partial charge in [0.05, 0.1) is 17.3 Å². The fraction of sp³-hybridized carbons (Fsp3) is 0.444. The molecule has 7 heteroatoms. The highest BCUT2D eigenvalue weighted by Gasteiger charge is 2.25. The summed E-state index contributed by atoms with van der Waals surface area (Å²) in [6, 6.07) is 7.72. The smallest absolute Gasteiger partial charge is 0.254 e. The summed E-state index contributed by atoms with van der Waals surface area (Å²) in [7, 11) is -3.22. The van der Waals surface area contributed by atoms with E-state index in [1.807, 2.05) is 38.1 Å². The third-order valence-corrected chi connectivity index (χ3v) is 5.84. The lowest BCUT2D eigenvalue weighted by molar-refractivity contribution is 0.0766. The number of pyridine rings is 1. The Morgan fingerprint density at radius 2 is 1.84 bits per heavy atom. The molecule has 0 unspecified atom stereocenters. The zero-order valence-corrected chi connectivity index (χ0v) is 15.6. The number of carbonyl (C=O) groups is 1. The number of sulfonamides is 1. The number of aromatic nitrogens is 1. The number of aryl methyl sites for hydroxylation is 2. The molecule has 0 saturated carbocycles. The normalized spacial score (nSPS) is 16.8. The van der Waals surface area contributed by atoms with E-state index in [2.05, 4.69) is 4.98 Å². The van der Waals surface area contributed by atoms with Gasteiger partial charge in [0.15, 0.2) is 0 Å². The van der Waals surface area contributed by atoms with Crippen molar-refractivity contribution < 1.29 is 13.2 Å². The fourth-order valence-electron chi connectivity index (χ4n) is 3.25. The maximum Gasteiger partial charge on any atom is 0.254 e. The molecule has 0 N–H and O–H groups in total. The molecule has 0 atom stereocenters. The number of hydrogen-bond acceptors (Lipinski definition) is 4. The summed E-state index contributed by atoms with van der Waals surface area (Å²) in [4.78, 5) is 19.4. The number of carbonyl (C=O) groups excluding carboxylic acids is 1. The zero-order chi connectivity index (χ0) is 18.2. The van der Waals surface area contributed by atoms with Gasteiger partial charge in [0, 0.05) is 37.3 Å². The molecule has 2 aromatic rings. The second kappa shape index (κ2) is 6.72. The van der Waals surface area contributed by atoms with Crippen LogP contribution in [-0.2, 0) is 10.0 Å². The highest BCUT2D eigenvalue weighted by Crippen LogP contribution is 2.22. The number of nitrogens with zero attached hydrogens (tertiary/aromatic N) is 3. The molecule has 0 spiro atoms. The van der Waals surface area contributed by atoms with E-state index in [-0.39, 0.29) is 5.91 Å². The number of fused-ring (bicyclic) bond motifs is 1. The van der Waals surface area contributed by atoms with Crippen LogP contribution in [0.5, 0.6) is 0 Å². The summed E-state index contributed by atoms with van der Waals surface area (Å²) in [5.41, 5.74) is 3.32. The van der Waals surface area contributed by atoms with Crippen LogP contribution in [0.25, 0.3) is 10.9 Å². The number of rotatable bonds is 2. The molecular weight excluding hydrogens is 338 g/mol. The quantitative estimate of drug-likeness (QED) is 0.820. The molecule has 25 heavy (non-hydrogen) atoms. The first kappa shape index (κ1) is 17.8. The molecule has 1 aliphatic rings. The van der Waals surface area contributed by atoms with Gasteiger partial charge in [0.2, 0.25) is 10.0 Å². The Morgan fingerprint density at radius 3 is 2.56 bits per heavy atom. The lowest BCUT2D eigenvalue weighted by Crippen LogP contribution is -2.37. The molecule has 0 bridgehead atoms. The molecule has 1 aromatic carbocycles. The average molecular weight is 361 g/mol. The van der Waals surface area contributed by atoms with Crippen molar-refractivity contribution in [2.75, 3.05) is 32.4 Å². The monoisotopic (exact) mass is 361 g/mol. The van der Waals surface area contributed by atoms with E-state index in [1.165, 1.54) is 10.6 Å². The van der Waals surface area contributed by atoms with Gasteiger partial charge >= 0.3 is 0 Å². The van der Waals surface area contributed by atoms with Crippen molar-refractivity contribution in [1.82, 2.24) is 14.2 Å². The summed E-state index contributed by atoms with van der Waals surface area (Å²) in [6.07, 6.45) is 1.85. The molecule has 2 heterocycles. The molecule has 1 fully saturated rings. The highest BCUT2D eigenvalue weighted by molar-refractivity contribution is 7.88. The van der Waals surface area contributed by atoms with Gasteiger partial charge in [0.25, 0.3) is 5.91 Å². The Labute approximate surface area is 148 Å². The average Bonchev–Trinajstić information content (AvgIpc) is 2.80. The molecule has 1 amide bonds. The lowest BCUT2D eigenvalue weighted by Gasteiger charge is -2.22. The summed E-state index contributed by atoms with van der Waals surface area (Å²) in [5.74, 6) is -0.0588. The predicted octanol–water partition coefficient (Wildman–Crippen LogP) is 1.96. The van der Waals surface area contributed by atoms with Crippen molar-refractivity contribution in [2.24, 2.45) is 0 Å². The number of benzene rings is 1. The van der Waals surface area contributed by atoms with Crippen LogP contribution in [0.3, 0.4) is 0 Å². The highest BCUT2D eigenvalue weighted by atomic mass is 32.2. The van der Waals surface area contributed by atoms with Crippen LogP contribution in [0.2, 0.25) is 0 Å². The summed E-state index contributed by atoms with van der Waals surface area (Å²) >= 11 is 0. The Kier molecular flexibility index (Phi) is 4.79. The minimum Gasteiger partial charge on any atom is -0.337 e. The minimum atomic E-state index is -3.22. The van der Waals surface area contributed by atoms with Crippen molar-refractivity contribution >= 4 is 26.8 Å². The molecule has 1 aromatic heterocycles. The minimum absolute atomic E-state index is 0.0588. The van der Waals surface area contributed by atoms with Gasteiger partial charge < -0.3 is 4.90 Å². The molecule has 1 saturated heterocycles. The fourth-order valence-corrected chi connectivity index (χ4v) is 4.12. The first-order valence-corrected chi connectivity index (χ1v) is 10.2. The van der Waals surface area contributed by atoms with E-state index in [1.54, 1.807) is 4.90 Å². The summed E-state index contributed by atoms with van der Waals surface area (Å²) < 4.78 is 25.0. The number of amides is 1. The first-order chi connectivity index (χ1) is 11.8. The third kappa shape index (κ3) is 3.82. The maximum atomic E-state index is 13.1. The van der Waals surface area contributed by atoms with Crippen LogP contribution < -0.4 is 0 Å². The van der Waals surface area contributed by atoms with E-state index in [0.717, 1.165) is 22.2 Å². The van der Waals surface area contributed by atoms with Crippen molar-refractivity contribution in [3.05, 3.63) is 41.1 Å². The lowest BCUT2D eigenvalue weighted by atomic mass is 10.0. The van der Waals surface area contributed by atoms with Gasteiger partial charge in [-0.25, -0.2) is 12.7 Å². The SMILES string of the molecule is Cc1ccc2nc(C)cc(C(=O)N3CCCN(S(C)(=O)=O)CC3)c2c1. The van der Waals surface area contributed by atoms with E-state index < -0.39 is 10.0 Å². The van der Waals surface area contributed by atoms with Gasteiger partial charge in [-0.3, -0.25) is 9.78 Å². The summed E-state index contributed by atoms with van der Waals surface area (Å²) in [5, 5.41) is 0.847. The number of hydrogen-bond donors (Lipinski definition) is 0. The van der Waals surface area contributed by atoms with Gasteiger partial charge in [-0.05, 0) is 38.5 Å². The van der Waals surface area contributed by atoms with Crippen LogP contribution in [-0.4, -0.2) is 60.9 Å². The second-order valence-electron chi connectivity index (χ2n) is 6.64. The van der Waals surface area contributed by atoms with Gasteiger partial charge in [-0.15, -0.1) is 0 Å². The zero-order valence-electron chi connectivity index (χ0n) is 14.8. The van der Waals surface area contributed by atoms with Gasteiger partial charge in [0.1, 0.15) is 0 Å². The van der Waals surface area contributed by atoms with Crippen LogP contribution in [0.15, 0.2) is 24.3 Å². The standard InChI is InChI=1S/C18H23N3O3S/c1-13-5-6-17-15(11-13)16(12-14(2)19-17)18(22)20-7-4-8-21(10-9-20)25(3,23)24/h5-6,11-12H,4,7-10H2,1-3H3. The first-order valence-electron chi connectivity index (χ1n) is 8.38. The van der Waals surface area contributed by atoms with Crippen molar-refractivity contribution in [3.63, 3.8) is 0 Å². The van der Waals surface area contributed by atoms with Crippen LogP contribution in [0, 0.1) is 13.8 Å². The Hall–Kier alpha value is -1.99. The Bertz CT molecular complexity index is 925. The molecule has 0 radical (unpaired) electrons. The largest absolute Gasteiger partial charge is 0.337 e. The summed E-state index contributed by atoms with van der Waals surface area (Å²) in [6.45, 7) is 5.62. The van der Waals surface area contributed by atoms with Crippen molar-refractivity contribution in [1.29, 1.82) is 0 Å².